The van der Waals surface area contributed by atoms with Crippen LogP contribution in [-0.2, 0) is 17.6 Å². The van der Waals surface area contributed by atoms with E-state index in [4.69, 9.17) is 5.73 Å². The van der Waals surface area contributed by atoms with E-state index >= 15 is 0 Å². The number of primary amides is 1. The van der Waals surface area contributed by atoms with Gasteiger partial charge < -0.3 is 5.73 Å². The van der Waals surface area contributed by atoms with E-state index in [9.17, 15) is 9.59 Å². The van der Waals surface area contributed by atoms with Crippen molar-refractivity contribution >= 4 is 45.3 Å². The van der Waals surface area contributed by atoms with E-state index in [0.717, 1.165) is 34.5 Å². The summed E-state index contributed by atoms with van der Waals surface area (Å²) in [5.74, 6) is -0.411. The summed E-state index contributed by atoms with van der Waals surface area (Å²) in [5, 5.41) is 3.51. The molecule has 110 valence electrons. The number of carbonyl (C=O) groups excluding carboxylic acids is 2. The molecule has 0 bridgehead atoms. The lowest BCUT2D eigenvalue weighted by Crippen LogP contribution is -2.39. The quantitative estimate of drug-likeness (QED) is 0.664. The summed E-state index contributed by atoms with van der Waals surface area (Å²) in [4.78, 5) is 33.5. The van der Waals surface area contributed by atoms with E-state index in [1.807, 2.05) is 0 Å². The lowest BCUT2D eigenvalue weighted by Gasteiger charge is -2.10. The van der Waals surface area contributed by atoms with Crippen LogP contribution in [0, 0.1) is 0 Å². The Morgan fingerprint density at radius 1 is 1.43 bits per heavy atom. The SMILES string of the molecule is C[C@@H](Sc1ncnc2sc3c(c12)CCC3)C(=O)NC(N)=O. The second kappa shape index (κ2) is 5.61. The molecule has 2 heterocycles. The van der Waals surface area contributed by atoms with Gasteiger partial charge in [0.1, 0.15) is 16.2 Å². The Labute approximate surface area is 129 Å². The molecule has 6 nitrogen and oxygen atoms in total. The summed E-state index contributed by atoms with van der Waals surface area (Å²) >= 11 is 3.04. The molecule has 0 aliphatic heterocycles. The van der Waals surface area contributed by atoms with Crippen LogP contribution in [0.5, 0.6) is 0 Å². The maximum Gasteiger partial charge on any atom is 0.318 e. The minimum Gasteiger partial charge on any atom is -0.351 e. The zero-order valence-corrected chi connectivity index (χ0v) is 13.0. The molecule has 3 N–H and O–H groups in total. The lowest BCUT2D eigenvalue weighted by atomic mass is 10.2. The fourth-order valence-electron chi connectivity index (χ4n) is 2.43. The number of nitrogens with zero attached hydrogens (tertiary/aromatic N) is 2. The number of imide groups is 1. The van der Waals surface area contributed by atoms with Crippen LogP contribution < -0.4 is 11.1 Å². The Bertz CT molecular complexity index is 728. The van der Waals surface area contributed by atoms with Gasteiger partial charge in [0, 0.05) is 10.3 Å². The van der Waals surface area contributed by atoms with Gasteiger partial charge in [-0.15, -0.1) is 11.3 Å². The Morgan fingerprint density at radius 2 is 2.24 bits per heavy atom. The van der Waals surface area contributed by atoms with Crippen LogP contribution in [0.4, 0.5) is 4.79 Å². The van der Waals surface area contributed by atoms with Gasteiger partial charge >= 0.3 is 6.03 Å². The molecule has 1 aliphatic carbocycles. The summed E-state index contributed by atoms with van der Waals surface area (Å²) in [6, 6.07) is -0.836. The van der Waals surface area contributed by atoms with Crippen molar-refractivity contribution in [1.29, 1.82) is 0 Å². The van der Waals surface area contributed by atoms with Crippen LogP contribution in [0.15, 0.2) is 11.4 Å². The van der Waals surface area contributed by atoms with Gasteiger partial charge in [-0.2, -0.15) is 0 Å². The smallest absolute Gasteiger partial charge is 0.318 e. The number of amides is 3. The first-order valence-electron chi connectivity index (χ1n) is 6.58. The molecule has 0 saturated carbocycles. The highest BCUT2D eigenvalue weighted by Crippen LogP contribution is 2.40. The molecular formula is C13H14N4O2S2. The molecule has 2 aromatic heterocycles. The third-order valence-electron chi connectivity index (χ3n) is 3.37. The standard InChI is InChI=1S/C13H14N4O2S2/c1-6(10(18)17-13(14)19)20-11-9-7-3-2-4-8(7)21-12(9)16-5-15-11/h5-6H,2-4H2,1H3,(H3,14,17,18,19)/t6-/m1/s1. The Balaban J connectivity index is 1.90. The number of hydrogen-bond acceptors (Lipinski definition) is 6. The van der Waals surface area contributed by atoms with Crippen LogP contribution in [-0.4, -0.2) is 27.2 Å². The summed E-state index contributed by atoms with van der Waals surface area (Å²) in [6.07, 6.45) is 4.82. The normalized spacial score (nSPS) is 14.9. The lowest BCUT2D eigenvalue weighted by molar-refractivity contribution is -0.119. The zero-order chi connectivity index (χ0) is 15.0. The third-order valence-corrected chi connectivity index (χ3v) is 5.67. The molecule has 0 aromatic carbocycles. The average Bonchev–Trinajstić information content (AvgIpc) is 2.98. The Kier molecular flexibility index (Phi) is 3.81. The van der Waals surface area contributed by atoms with Gasteiger partial charge in [-0.25, -0.2) is 14.8 Å². The number of fused-ring (bicyclic) bond motifs is 3. The van der Waals surface area contributed by atoms with Gasteiger partial charge in [0.15, 0.2) is 0 Å². The van der Waals surface area contributed by atoms with Gasteiger partial charge in [-0.3, -0.25) is 10.1 Å². The van der Waals surface area contributed by atoms with E-state index in [0.29, 0.717) is 0 Å². The van der Waals surface area contributed by atoms with Crippen LogP contribution in [0.2, 0.25) is 0 Å². The predicted molar refractivity (Wildman–Crippen MR) is 82.5 cm³/mol. The number of urea groups is 1. The molecule has 3 amide bonds. The van der Waals surface area contributed by atoms with Crippen molar-refractivity contribution in [3.05, 3.63) is 16.8 Å². The van der Waals surface area contributed by atoms with Crippen molar-refractivity contribution in [3.8, 4) is 0 Å². The maximum atomic E-state index is 11.8. The second-order valence-corrected chi connectivity index (χ2v) is 7.24. The van der Waals surface area contributed by atoms with E-state index < -0.39 is 17.2 Å². The van der Waals surface area contributed by atoms with Crippen molar-refractivity contribution in [2.75, 3.05) is 0 Å². The molecule has 8 heteroatoms. The highest BCUT2D eigenvalue weighted by atomic mass is 32.2. The average molecular weight is 322 g/mol. The molecular weight excluding hydrogens is 308 g/mol. The number of nitrogens with one attached hydrogen (secondary N) is 1. The Morgan fingerprint density at radius 3 is 3.00 bits per heavy atom. The molecule has 0 radical (unpaired) electrons. The van der Waals surface area contributed by atoms with Crippen LogP contribution >= 0.6 is 23.1 Å². The van der Waals surface area contributed by atoms with E-state index in [1.165, 1.54) is 28.5 Å². The molecule has 0 fully saturated rings. The first kappa shape index (κ1) is 14.3. The fourth-order valence-corrected chi connectivity index (χ4v) is 4.67. The number of thioether (sulfide) groups is 1. The number of carbonyl (C=O) groups is 2. The first-order chi connectivity index (χ1) is 10.1. The topological polar surface area (TPSA) is 98.0 Å². The zero-order valence-electron chi connectivity index (χ0n) is 11.4. The number of nitrogens with two attached hydrogens (primary N) is 1. The highest BCUT2D eigenvalue weighted by molar-refractivity contribution is 8.00. The summed E-state index contributed by atoms with van der Waals surface area (Å²) in [5.41, 5.74) is 6.29. The number of hydrogen-bond donors (Lipinski definition) is 2. The van der Waals surface area contributed by atoms with Gasteiger partial charge in [-0.05, 0) is 31.7 Å². The van der Waals surface area contributed by atoms with Crippen LogP contribution in [0.1, 0.15) is 23.8 Å². The minimum atomic E-state index is -0.836. The second-order valence-electron chi connectivity index (χ2n) is 4.83. The van der Waals surface area contributed by atoms with E-state index in [1.54, 1.807) is 18.3 Å². The number of thiophene rings is 1. The van der Waals surface area contributed by atoms with Gasteiger partial charge in [0.25, 0.3) is 0 Å². The molecule has 1 aliphatic rings. The van der Waals surface area contributed by atoms with Crippen LogP contribution in [0.25, 0.3) is 10.2 Å². The van der Waals surface area contributed by atoms with Crippen molar-refractivity contribution in [2.24, 2.45) is 5.73 Å². The number of aromatic nitrogens is 2. The summed E-state index contributed by atoms with van der Waals surface area (Å²) in [6.45, 7) is 1.73. The predicted octanol–water partition coefficient (Wildman–Crippen LogP) is 1.86. The molecule has 0 unspecified atom stereocenters. The van der Waals surface area contributed by atoms with Crippen molar-refractivity contribution in [1.82, 2.24) is 15.3 Å². The van der Waals surface area contributed by atoms with Crippen molar-refractivity contribution in [2.45, 2.75) is 36.5 Å². The molecule has 0 spiro atoms. The number of aryl methyl sites for hydroxylation is 2. The molecule has 1 atom stereocenters. The fraction of sp³-hybridized carbons (Fsp3) is 0.385. The van der Waals surface area contributed by atoms with Gasteiger partial charge in [0.2, 0.25) is 5.91 Å². The van der Waals surface area contributed by atoms with Crippen molar-refractivity contribution < 1.29 is 9.59 Å². The van der Waals surface area contributed by atoms with E-state index in [2.05, 4.69) is 15.3 Å². The maximum absolute atomic E-state index is 11.8. The molecule has 0 saturated heterocycles. The summed E-state index contributed by atoms with van der Waals surface area (Å²) < 4.78 is 0. The van der Waals surface area contributed by atoms with Gasteiger partial charge in [0.05, 0.1) is 5.25 Å². The molecule has 3 rings (SSSR count). The third kappa shape index (κ3) is 2.73. The Hall–Kier alpha value is -1.67. The monoisotopic (exact) mass is 322 g/mol. The number of rotatable bonds is 3. The van der Waals surface area contributed by atoms with Crippen LogP contribution in [0.3, 0.4) is 0 Å². The highest BCUT2D eigenvalue weighted by Gasteiger charge is 2.24. The van der Waals surface area contributed by atoms with E-state index in [-0.39, 0.29) is 0 Å². The van der Waals surface area contributed by atoms with Gasteiger partial charge in [-0.1, -0.05) is 11.8 Å². The van der Waals surface area contributed by atoms with Crippen molar-refractivity contribution in [3.63, 3.8) is 0 Å². The largest absolute Gasteiger partial charge is 0.351 e. The minimum absolute atomic E-state index is 0.411. The molecule has 2 aromatic rings. The summed E-state index contributed by atoms with van der Waals surface area (Å²) in [7, 11) is 0. The molecule has 21 heavy (non-hydrogen) atoms. The first-order valence-corrected chi connectivity index (χ1v) is 8.28.